The van der Waals surface area contributed by atoms with Gasteiger partial charge in [0.05, 0.1) is 10.9 Å². The predicted molar refractivity (Wildman–Crippen MR) is 91.3 cm³/mol. The van der Waals surface area contributed by atoms with E-state index in [-0.39, 0.29) is 0 Å². The molecule has 7 heteroatoms. The summed E-state index contributed by atoms with van der Waals surface area (Å²) >= 11 is 9.08. The maximum atomic E-state index is 10.0. The van der Waals surface area contributed by atoms with Crippen LogP contribution < -0.4 is 10.6 Å². The van der Waals surface area contributed by atoms with E-state index in [1.54, 1.807) is 6.07 Å². The molecule has 1 unspecified atom stereocenters. The standard InChI is InChI=1S/C13H22ClN3OS2/c1-3-15-13(16-7-4-8-19-2)17-9-10(18)11-5-6-12(14)20-11/h5-6,10,18H,3-4,7-9H2,1-2H3,(H2,15,16,17). The molecule has 1 aromatic rings. The molecule has 1 aromatic heterocycles. The number of aliphatic hydroxyl groups excluding tert-OH is 1. The van der Waals surface area contributed by atoms with Crippen LogP contribution in [0.3, 0.4) is 0 Å². The van der Waals surface area contributed by atoms with Gasteiger partial charge in [-0.25, -0.2) is 0 Å². The Hall–Kier alpha value is -0.430. The quantitative estimate of drug-likeness (QED) is 0.388. The summed E-state index contributed by atoms with van der Waals surface area (Å²) in [4.78, 5) is 5.24. The number of aliphatic hydroxyl groups is 1. The fraction of sp³-hybridized carbons (Fsp3) is 0.615. The molecule has 1 heterocycles. The van der Waals surface area contributed by atoms with Gasteiger partial charge >= 0.3 is 0 Å². The van der Waals surface area contributed by atoms with E-state index in [0.717, 1.165) is 36.1 Å². The minimum Gasteiger partial charge on any atom is -0.386 e. The van der Waals surface area contributed by atoms with Crippen molar-refractivity contribution in [2.45, 2.75) is 19.4 Å². The molecule has 0 saturated heterocycles. The largest absolute Gasteiger partial charge is 0.386 e. The van der Waals surface area contributed by atoms with Gasteiger partial charge in [-0.15, -0.1) is 11.3 Å². The lowest BCUT2D eigenvalue weighted by molar-refractivity contribution is 0.191. The molecule has 1 rings (SSSR count). The highest BCUT2D eigenvalue weighted by atomic mass is 35.5. The molecule has 0 radical (unpaired) electrons. The summed E-state index contributed by atoms with van der Waals surface area (Å²) in [6.45, 7) is 4.03. The second-order valence-electron chi connectivity index (χ2n) is 4.15. The number of rotatable bonds is 8. The Bertz CT molecular complexity index is 412. The van der Waals surface area contributed by atoms with Crippen LogP contribution in [-0.2, 0) is 0 Å². The summed E-state index contributed by atoms with van der Waals surface area (Å²) < 4.78 is 0.685. The number of nitrogens with one attached hydrogen (secondary N) is 2. The smallest absolute Gasteiger partial charge is 0.191 e. The molecule has 0 aromatic carbocycles. The maximum Gasteiger partial charge on any atom is 0.191 e. The molecule has 114 valence electrons. The Morgan fingerprint density at radius 3 is 2.90 bits per heavy atom. The van der Waals surface area contributed by atoms with Crippen molar-refractivity contribution in [3.8, 4) is 0 Å². The zero-order valence-corrected chi connectivity index (χ0v) is 14.2. The summed E-state index contributed by atoms with van der Waals surface area (Å²) in [5.74, 6) is 1.87. The third-order valence-electron chi connectivity index (χ3n) is 2.51. The summed E-state index contributed by atoms with van der Waals surface area (Å²) in [5, 5.41) is 16.5. The van der Waals surface area contributed by atoms with Crippen molar-refractivity contribution in [2.75, 3.05) is 31.6 Å². The van der Waals surface area contributed by atoms with Crippen molar-refractivity contribution in [1.29, 1.82) is 0 Å². The van der Waals surface area contributed by atoms with Crippen LogP contribution in [0.5, 0.6) is 0 Å². The molecule has 0 aliphatic rings. The third-order valence-corrected chi connectivity index (χ3v) is 4.54. The van der Waals surface area contributed by atoms with Crippen molar-refractivity contribution >= 4 is 40.7 Å². The number of hydrogen-bond acceptors (Lipinski definition) is 4. The first-order valence-electron chi connectivity index (χ1n) is 6.61. The van der Waals surface area contributed by atoms with E-state index in [9.17, 15) is 5.11 Å². The minimum atomic E-state index is -0.603. The Kier molecular flexibility index (Phi) is 9.09. The van der Waals surface area contributed by atoms with Gasteiger partial charge in [-0.05, 0) is 37.5 Å². The normalized spacial score (nSPS) is 13.3. The van der Waals surface area contributed by atoms with Gasteiger partial charge in [0.15, 0.2) is 5.96 Å². The van der Waals surface area contributed by atoms with Gasteiger partial charge < -0.3 is 15.7 Å². The van der Waals surface area contributed by atoms with Crippen molar-refractivity contribution < 1.29 is 5.11 Å². The van der Waals surface area contributed by atoms with Gasteiger partial charge in [0.25, 0.3) is 0 Å². The second kappa shape index (κ2) is 10.3. The highest BCUT2D eigenvalue weighted by Gasteiger charge is 2.10. The van der Waals surface area contributed by atoms with Gasteiger partial charge in [0.2, 0.25) is 0 Å². The van der Waals surface area contributed by atoms with Crippen molar-refractivity contribution in [3.63, 3.8) is 0 Å². The molecule has 0 aliphatic carbocycles. The van der Waals surface area contributed by atoms with E-state index < -0.39 is 6.10 Å². The number of guanidine groups is 1. The average molecular weight is 336 g/mol. The molecule has 0 bridgehead atoms. The molecule has 0 spiro atoms. The van der Waals surface area contributed by atoms with E-state index in [1.807, 2.05) is 24.8 Å². The number of halogens is 1. The monoisotopic (exact) mass is 335 g/mol. The summed E-state index contributed by atoms with van der Waals surface area (Å²) in [7, 11) is 0. The van der Waals surface area contributed by atoms with E-state index in [1.165, 1.54) is 11.3 Å². The van der Waals surface area contributed by atoms with E-state index in [0.29, 0.717) is 10.9 Å². The molecule has 0 aliphatic heterocycles. The average Bonchev–Trinajstić information content (AvgIpc) is 2.87. The van der Waals surface area contributed by atoms with Gasteiger partial charge in [-0.2, -0.15) is 11.8 Å². The number of aliphatic imine (C=N–C) groups is 1. The van der Waals surface area contributed by atoms with Gasteiger partial charge in [-0.3, -0.25) is 4.99 Å². The van der Waals surface area contributed by atoms with Gasteiger partial charge in [0.1, 0.15) is 6.10 Å². The molecule has 4 nitrogen and oxygen atoms in total. The molecule has 0 saturated carbocycles. The van der Waals surface area contributed by atoms with E-state index >= 15 is 0 Å². The number of hydrogen-bond donors (Lipinski definition) is 3. The number of thiophene rings is 1. The number of nitrogens with zero attached hydrogens (tertiary/aromatic N) is 1. The molecule has 20 heavy (non-hydrogen) atoms. The lowest BCUT2D eigenvalue weighted by atomic mass is 10.3. The Morgan fingerprint density at radius 1 is 1.50 bits per heavy atom. The SMILES string of the molecule is CCNC(=NCC(O)c1ccc(Cl)s1)NCCCSC. The van der Waals surface area contributed by atoms with Crippen molar-refractivity contribution in [2.24, 2.45) is 4.99 Å². The first-order valence-corrected chi connectivity index (χ1v) is 9.20. The van der Waals surface area contributed by atoms with E-state index in [2.05, 4.69) is 21.9 Å². The van der Waals surface area contributed by atoms with E-state index in [4.69, 9.17) is 11.6 Å². The highest BCUT2D eigenvalue weighted by Crippen LogP contribution is 2.26. The lowest BCUT2D eigenvalue weighted by Gasteiger charge is -2.12. The highest BCUT2D eigenvalue weighted by molar-refractivity contribution is 7.98. The zero-order valence-electron chi connectivity index (χ0n) is 11.9. The summed E-state index contributed by atoms with van der Waals surface area (Å²) in [6, 6.07) is 3.63. The first kappa shape index (κ1) is 17.6. The van der Waals surface area contributed by atoms with Crippen LogP contribution in [0.2, 0.25) is 4.34 Å². The Morgan fingerprint density at radius 2 is 2.30 bits per heavy atom. The molecule has 1 atom stereocenters. The lowest BCUT2D eigenvalue weighted by Crippen LogP contribution is -2.38. The van der Waals surface area contributed by atoms with Crippen LogP contribution in [0, 0.1) is 0 Å². The van der Waals surface area contributed by atoms with Crippen LogP contribution in [-0.4, -0.2) is 42.7 Å². The molecule has 0 fully saturated rings. The van der Waals surface area contributed by atoms with Crippen LogP contribution in [0.15, 0.2) is 17.1 Å². The summed E-state index contributed by atoms with van der Waals surface area (Å²) in [5.41, 5.74) is 0. The fourth-order valence-electron chi connectivity index (χ4n) is 1.54. The molecular weight excluding hydrogens is 314 g/mol. The van der Waals surface area contributed by atoms with Crippen LogP contribution in [0.25, 0.3) is 0 Å². The van der Waals surface area contributed by atoms with Gasteiger partial charge in [0, 0.05) is 18.0 Å². The topological polar surface area (TPSA) is 56.7 Å². The molecule has 0 amide bonds. The zero-order chi connectivity index (χ0) is 14.8. The third kappa shape index (κ3) is 6.83. The van der Waals surface area contributed by atoms with Crippen LogP contribution in [0.1, 0.15) is 24.3 Å². The fourth-order valence-corrected chi connectivity index (χ4v) is 3.01. The Labute approximate surface area is 134 Å². The van der Waals surface area contributed by atoms with Crippen LogP contribution in [0.4, 0.5) is 0 Å². The second-order valence-corrected chi connectivity index (χ2v) is 6.88. The maximum absolute atomic E-state index is 10.0. The van der Waals surface area contributed by atoms with Gasteiger partial charge in [-0.1, -0.05) is 11.6 Å². The van der Waals surface area contributed by atoms with Crippen LogP contribution >= 0.6 is 34.7 Å². The summed E-state index contributed by atoms with van der Waals surface area (Å²) in [6.07, 6.45) is 2.59. The first-order chi connectivity index (χ1) is 9.67. The molecular formula is C13H22ClN3OS2. The minimum absolute atomic E-state index is 0.328. The Balaban J connectivity index is 2.44. The van der Waals surface area contributed by atoms with Crippen molar-refractivity contribution in [1.82, 2.24) is 10.6 Å². The number of thioether (sulfide) groups is 1. The predicted octanol–water partition coefficient (Wildman–Crippen LogP) is 2.74. The molecule has 3 N–H and O–H groups in total. The van der Waals surface area contributed by atoms with Crippen molar-refractivity contribution in [3.05, 3.63) is 21.3 Å².